The zero-order valence-corrected chi connectivity index (χ0v) is 17.8. The highest BCUT2D eigenvalue weighted by Crippen LogP contribution is 2.28. The molecule has 1 fully saturated rings. The van der Waals surface area contributed by atoms with Gasteiger partial charge in [-0.3, -0.25) is 4.79 Å². The monoisotopic (exact) mass is 421 g/mol. The molecule has 7 nitrogen and oxygen atoms in total. The highest BCUT2D eigenvalue weighted by molar-refractivity contribution is 5.78. The largest absolute Gasteiger partial charge is 0.483 e. The van der Waals surface area contributed by atoms with Crippen molar-refractivity contribution in [3.63, 3.8) is 0 Å². The molecule has 1 saturated heterocycles. The number of carbonyl (C=O) groups is 1. The number of aryl methyl sites for hydroxylation is 1. The minimum atomic E-state index is -0.00187. The van der Waals surface area contributed by atoms with Gasteiger partial charge in [0.15, 0.2) is 13.2 Å². The van der Waals surface area contributed by atoms with E-state index in [0.29, 0.717) is 23.0 Å². The summed E-state index contributed by atoms with van der Waals surface area (Å²) in [5.74, 6) is 2.11. The van der Waals surface area contributed by atoms with E-state index >= 15 is 0 Å². The third-order valence-corrected chi connectivity index (χ3v) is 5.35. The van der Waals surface area contributed by atoms with Crippen molar-refractivity contribution in [1.29, 1.82) is 0 Å². The molecule has 2 heterocycles. The van der Waals surface area contributed by atoms with Crippen LogP contribution in [0.15, 0.2) is 53.1 Å². The summed E-state index contributed by atoms with van der Waals surface area (Å²) in [6.07, 6.45) is 4.47. The van der Waals surface area contributed by atoms with Crippen molar-refractivity contribution in [3.05, 3.63) is 60.0 Å². The van der Waals surface area contributed by atoms with Crippen LogP contribution in [0.3, 0.4) is 0 Å². The minimum absolute atomic E-state index is 0.00187. The lowest BCUT2D eigenvalue weighted by Gasteiger charge is -2.20. The molecule has 1 aromatic heterocycles. The van der Waals surface area contributed by atoms with Gasteiger partial charge in [-0.05, 0) is 43.5 Å². The first-order chi connectivity index (χ1) is 15.2. The first kappa shape index (κ1) is 20.9. The number of para-hydroxylation sites is 2. The third-order valence-electron chi connectivity index (χ3n) is 5.35. The van der Waals surface area contributed by atoms with E-state index < -0.39 is 0 Å². The molecule has 0 N–H and O–H groups in total. The number of hydrogen-bond acceptors (Lipinski definition) is 6. The Hall–Kier alpha value is -3.35. The lowest BCUT2D eigenvalue weighted by Crippen LogP contribution is -2.35. The molecule has 1 aliphatic rings. The molecule has 2 aromatic carbocycles. The summed E-state index contributed by atoms with van der Waals surface area (Å²) in [6.45, 7) is 3.76. The molecule has 0 bridgehead atoms. The molecule has 0 spiro atoms. The second-order valence-corrected chi connectivity index (χ2v) is 7.65. The number of amides is 1. The van der Waals surface area contributed by atoms with Gasteiger partial charge in [-0.25, -0.2) is 0 Å². The second kappa shape index (κ2) is 10.1. The molecular weight excluding hydrogens is 394 g/mol. The number of ether oxygens (including phenoxy) is 2. The first-order valence-corrected chi connectivity index (χ1v) is 10.7. The van der Waals surface area contributed by atoms with E-state index in [4.69, 9.17) is 14.0 Å². The summed E-state index contributed by atoms with van der Waals surface area (Å²) in [6, 6.07) is 15.2. The van der Waals surface area contributed by atoms with Crippen molar-refractivity contribution in [3.8, 4) is 22.9 Å². The van der Waals surface area contributed by atoms with Crippen molar-refractivity contribution in [2.24, 2.45) is 0 Å². The molecule has 3 aromatic rings. The van der Waals surface area contributed by atoms with Gasteiger partial charge in [0.2, 0.25) is 5.82 Å². The SMILES string of the molecule is Cc1ccccc1OCc1nc(-c2ccccc2OCC(=O)N2CCCCCC2)no1. The fourth-order valence-corrected chi connectivity index (χ4v) is 3.61. The number of hydrogen-bond donors (Lipinski definition) is 0. The lowest BCUT2D eigenvalue weighted by atomic mass is 10.2. The maximum atomic E-state index is 12.6. The summed E-state index contributed by atoms with van der Waals surface area (Å²) < 4.78 is 17.0. The van der Waals surface area contributed by atoms with Gasteiger partial charge in [-0.15, -0.1) is 0 Å². The Morgan fingerprint density at radius 2 is 1.68 bits per heavy atom. The van der Waals surface area contributed by atoms with Crippen LogP contribution >= 0.6 is 0 Å². The van der Waals surface area contributed by atoms with Gasteiger partial charge >= 0.3 is 0 Å². The van der Waals surface area contributed by atoms with Crippen LogP contribution in [0, 0.1) is 6.92 Å². The zero-order chi connectivity index (χ0) is 21.5. The molecule has 1 aliphatic heterocycles. The van der Waals surface area contributed by atoms with Gasteiger partial charge in [0.05, 0.1) is 5.56 Å². The molecule has 31 heavy (non-hydrogen) atoms. The summed E-state index contributed by atoms with van der Waals surface area (Å²) in [4.78, 5) is 18.9. The maximum absolute atomic E-state index is 12.6. The van der Waals surface area contributed by atoms with Crippen LogP contribution in [-0.4, -0.2) is 40.6 Å². The predicted molar refractivity (Wildman–Crippen MR) is 116 cm³/mol. The highest BCUT2D eigenvalue weighted by atomic mass is 16.5. The average Bonchev–Trinajstić information content (AvgIpc) is 3.09. The Bertz CT molecular complexity index is 1010. The van der Waals surface area contributed by atoms with Gasteiger partial charge in [-0.1, -0.05) is 48.3 Å². The van der Waals surface area contributed by atoms with Gasteiger partial charge in [0, 0.05) is 13.1 Å². The lowest BCUT2D eigenvalue weighted by molar-refractivity contribution is -0.133. The second-order valence-electron chi connectivity index (χ2n) is 7.65. The van der Waals surface area contributed by atoms with E-state index in [9.17, 15) is 4.79 Å². The van der Waals surface area contributed by atoms with Gasteiger partial charge < -0.3 is 18.9 Å². The van der Waals surface area contributed by atoms with E-state index in [2.05, 4.69) is 10.1 Å². The molecule has 0 saturated carbocycles. The molecule has 0 unspecified atom stereocenters. The first-order valence-electron chi connectivity index (χ1n) is 10.7. The topological polar surface area (TPSA) is 77.7 Å². The summed E-state index contributed by atoms with van der Waals surface area (Å²) >= 11 is 0. The molecule has 0 atom stereocenters. The smallest absolute Gasteiger partial charge is 0.264 e. The quantitative estimate of drug-likeness (QED) is 0.563. The van der Waals surface area contributed by atoms with Gasteiger partial charge in [-0.2, -0.15) is 4.98 Å². The third kappa shape index (κ3) is 5.42. The number of carbonyl (C=O) groups excluding carboxylic acids is 1. The van der Waals surface area contributed by atoms with Crippen molar-refractivity contribution < 1.29 is 18.8 Å². The molecule has 7 heteroatoms. The normalized spacial score (nSPS) is 14.2. The van der Waals surface area contributed by atoms with Crippen LogP contribution in [0.5, 0.6) is 11.5 Å². The van der Waals surface area contributed by atoms with Gasteiger partial charge in [0.1, 0.15) is 11.5 Å². The van der Waals surface area contributed by atoms with Crippen molar-refractivity contribution in [1.82, 2.24) is 15.0 Å². The van der Waals surface area contributed by atoms with E-state index in [1.807, 2.05) is 60.4 Å². The standard InChI is InChI=1S/C24H27N3O4/c1-18-10-4-6-12-20(18)29-16-22-25-24(26-31-22)19-11-5-7-13-21(19)30-17-23(28)27-14-8-2-3-9-15-27/h4-7,10-13H,2-3,8-9,14-17H2,1H3. The Morgan fingerprint density at radius 1 is 0.968 bits per heavy atom. The fourth-order valence-electron chi connectivity index (χ4n) is 3.61. The molecule has 0 aliphatic carbocycles. The summed E-state index contributed by atoms with van der Waals surface area (Å²) in [5.41, 5.74) is 1.71. The number of benzene rings is 2. The highest BCUT2D eigenvalue weighted by Gasteiger charge is 2.18. The Kier molecular flexibility index (Phi) is 6.82. The van der Waals surface area contributed by atoms with Crippen molar-refractivity contribution in [2.45, 2.75) is 39.2 Å². The molecular formula is C24H27N3O4. The predicted octanol–water partition coefficient (Wildman–Crippen LogP) is 4.41. The van der Waals surface area contributed by atoms with Crippen molar-refractivity contribution >= 4 is 5.91 Å². The molecule has 162 valence electrons. The van der Waals surface area contributed by atoms with E-state index in [1.54, 1.807) is 0 Å². The van der Waals surface area contributed by atoms with Crippen LogP contribution in [0.25, 0.3) is 11.4 Å². The van der Waals surface area contributed by atoms with E-state index in [0.717, 1.165) is 37.2 Å². The van der Waals surface area contributed by atoms with Crippen molar-refractivity contribution in [2.75, 3.05) is 19.7 Å². The maximum Gasteiger partial charge on any atom is 0.264 e. The van der Waals surface area contributed by atoms with Crippen LogP contribution < -0.4 is 9.47 Å². The molecule has 1 amide bonds. The minimum Gasteiger partial charge on any atom is -0.483 e. The van der Waals surface area contributed by atoms with E-state index in [-0.39, 0.29) is 19.1 Å². The summed E-state index contributed by atoms with van der Waals surface area (Å²) in [5, 5.41) is 4.07. The molecule has 4 rings (SSSR count). The van der Waals surface area contributed by atoms with Crippen LogP contribution in [0.1, 0.15) is 37.1 Å². The Balaban J connectivity index is 1.40. The fraction of sp³-hybridized carbons (Fsp3) is 0.375. The zero-order valence-electron chi connectivity index (χ0n) is 17.8. The average molecular weight is 421 g/mol. The van der Waals surface area contributed by atoms with E-state index in [1.165, 1.54) is 12.8 Å². The summed E-state index contributed by atoms with van der Waals surface area (Å²) in [7, 11) is 0. The van der Waals surface area contributed by atoms with Crippen LogP contribution in [0.4, 0.5) is 0 Å². The van der Waals surface area contributed by atoms with Gasteiger partial charge in [0.25, 0.3) is 11.8 Å². The van der Waals surface area contributed by atoms with Crippen LogP contribution in [-0.2, 0) is 11.4 Å². The number of nitrogens with zero attached hydrogens (tertiary/aromatic N) is 3. The Morgan fingerprint density at radius 3 is 2.45 bits per heavy atom. The number of rotatable bonds is 7. The van der Waals surface area contributed by atoms with Crippen LogP contribution in [0.2, 0.25) is 0 Å². The Labute approximate surface area is 182 Å². The molecule has 0 radical (unpaired) electrons. The number of aromatic nitrogens is 2. The number of likely N-dealkylation sites (tertiary alicyclic amines) is 1.